The fourth-order valence-electron chi connectivity index (χ4n) is 3.40. The van der Waals surface area contributed by atoms with Crippen molar-refractivity contribution in [3.63, 3.8) is 0 Å². The van der Waals surface area contributed by atoms with E-state index in [1.165, 1.54) is 23.5 Å². The number of nitrogens with one attached hydrogen (secondary N) is 1. The molecule has 1 saturated heterocycles. The third-order valence-electron chi connectivity index (χ3n) is 4.87. The molecule has 162 valence electrons. The van der Waals surface area contributed by atoms with Crippen LogP contribution in [0.4, 0.5) is 5.69 Å². The molecule has 1 N–H and O–H groups in total. The molecule has 1 aliphatic rings. The first-order valence-electron chi connectivity index (χ1n) is 10.1. The van der Waals surface area contributed by atoms with Gasteiger partial charge >= 0.3 is 0 Å². The van der Waals surface area contributed by atoms with E-state index < -0.39 is 15.9 Å². The second-order valence-electron chi connectivity index (χ2n) is 7.44. The van der Waals surface area contributed by atoms with E-state index in [1.54, 1.807) is 30.3 Å². The molecule has 2 aromatic carbocycles. The first-order chi connectivity index (χ1) is 14.3. The molecular formula is C22H28N2O5S. The summed E-state index contributed by atoms with van der Waals surface area (Å²) in [5, 5.41) is 2.80. The lowest BCUT2D eigenvalue weighted by Gasteiger charge is -2.26. The molecule has 8 heteroatoms. The van der Waals surface area contributed by atoms with Crippen LogP contribution in [0, 0.1) is 0 Å². The molecule has 0 spiro atoms. The van der Waals surface area contributed by atoms with Crippen LogP contribution in [0.5, 0.6) is 11.5 Å². The highest BCUT2D eigenvalue weighted by atomic mass is 32.2. The summed E-state index contributed by atoms with van der Waals surface area (Å²) in [6, 6.07) is 11.4. The van der Waals surface area contributed by atoms with E-state index in [0.29, 0.717) is 35.8 Å². The normalized spacial score (nSPS) is 15.1. The minimum atomic E-state index is -3.64. The number of benzene rings is 2. The van der Waals surface area contributed by atoms with Gasteiger partial charge in [-0.05, 0) is 57.0 Å². The van der Waals surface area contributed by atoms with E-state index >= 15 is 0 Å². The average molecular weight is 433 g/mol. The van der Waals surface area contributed by atoms with Crippen molar-refractivity contribution >= 4 is 21.6 Å². The van der Waals surface area contributed by atoms with Crippen molar-refractivity contribution in [3.8, 4) is 11.5 Å². The number of carbonyl (C=O) groups excluding carboxylic acids is 1. The number of para-hydroxylation sites is 1. The van der Waals surface area contributed by atoms with Crippen molar-refractivity contribution in [2.45, 2.75) is 44.1 Å². The molecule has 1 aliphatic heterocycles. The van der Waals surface area contributed by atoms with Crippen LogP contribution < -0.4 is 14.8 Å². The lowest BCUT2D eigenvalue weighted by Crippen LogP contribution is -2.35. The van der Waals surface area contributed by atoms with Crippen LogP contribution in [0.25, 0.3) is 0 Å². The highest BCUT2D eigenvalue weighted by Gasteiger charge is 2.27. The Morgan fingerprint density at radius 1 is 1.03 bits per heavy atom. The SMILES string of the molecule is COc1ccccc1C(=O)Nc1cc(S(=O)(=O)N2CCCCC2)ccc1OC(C)C. The maximum atomic E-state index is 13.1. The van der Waals surface area contributed by atoms with Gasteiger partial charge in [0.2, 0.25) is 10.0 Å². The summed E-state index contributed by atoms with van der Waals surface area (Å²) >= 11 is 0. The van der Waals surface area contributed by atoms with Crippen LogP contribution in [0.1, 0.15) is 43.5 Å². The Morgan fingerprint density at radius 3 is 2.40 bits per heavy atom. The van der Waals surface area contributed by atoms with Gasteiger partial charge < -0.3 is 14.8 Å². The zero-order valence-electron chi connectivity index (χ0n) is 17.6. The van der Waals surface area contributed by atoms with Gasteiger partial charge in [0.1, 0.15) is 11.5 Å². The maximum Gasteiger partial charge on any atom is 0.259 e. The quantitative estimate of drug-likeness (QED) is 0.717. The van der Waals surface area contributed by atoms with Gasteiger partial charge in [-0.15, -0.1) is 0 Å². The van der Waals surface area contributed by atoms with Gasteiger partial charge in [0, 0.05) is 13.1 Å². The fourth-order valence-corrected chi connectivity index (χ4v) is 4.94. The third kappa shape index (κ3) is 4.94. The molecule has 0 saturated carbocycles. The number of methoxy groups -OCH3 is 1. The van der Waals surface area contributed by atoms with E-state index in [9.17, 15) is 13.2 Å². The van der Waals surface area contributed by atoms with E-state index in [4.69, 9.17) is 9.47 Å². The maximum absolute atomic E-state index is 13.1. The Morgan fingerprint density at radius 2 is 1.73 bits per heavy atom. The molecule has 0 atom stereocenters. The highest BCUT2D eigenvalue weighted by Crippen LogP contribution is 2.32. The Hall–Kier alpha value is -2.58. The molecule has 0 aromatic heterocycles. The number of hydrogen-bond donors (Lipinski definition) is 1. The molecule has 0 aliphatic carbocycles. The number of anilines is 1. The number of nitrogens with zero attached hydrogens (tertiary/aromatic N) is 1. The number of hydrogen-bond acceptors (Lipinski definition) is 5. The molecule has 30 heavy (non-hydrogen) atoms. The summed E-state index contributed by atoms with van der Waals surface area (Å²) in [5.74, 6) is 0.429. The third-order valence-corrected chi connectivity index (χ3v) is 6.76. The number of amides is 1. The monoisotopic (exact) mass is 432 g/mol. The smallest absolute Gasteiger partial charge is 0.259 e. The number of sulfonamides is 1. The van der Waals surface area contributed by atoms with Crippen LogP contribution in [0.3, 0.4) is 0 Å². The van der Waals surface area contributed by atoms with Crippen molar-refractivity contribution in [1.29, 1.82) is 0 Å². The fraction of sp³-hybridized carbons (Fsp3) is 0.409. The first kappa shape index (κ1) is 22.1. The van der Waals surface area contributed by atoms with Crippen molar-refractivity contribution in [2.24, 2.45) is 0 Å². The molecule has 0 unspecified atom stereocenters. The van der Waals surface area contributed by atoms with E-state index in [-0.39, 0.29) is 11.0 Å². The van der Waals surface area contributed by atoms with Gasteiger partial charge in [0.15, 0.2) is 0 Å². The van der Waals surface area contributed by atoms with Crippen LogP contribution in [-0.4, -0.2) is 44.9 Å². The van der Waals surface area contributed by atoms with Gasteiger partial charge in [-0.2, -0.15) is 4.31 Å². The Kier molecular flexibility index (Phi) is 6.99. The number of carbonyl (C=O) groups is 1. The number of ether oxygens (including phenoxy) is 2. The molecular weight excluding hydrogens is 404 g/mol. The molecule has 1 fully saturated rings. The van der Waals surface area contributed by atoms with Crippen LogP contribution in [0.2, 0.25) is 0 Å². The predicted molar refractivity (Wildman–Crippen MR) is 116 cm³/mol. The lowest BCUT2D eigenvalue weighted by molar-refractivity contribution is 0.102. The van der Waals surface area contributed by atoms with Crippen molar-refractivity contribution in [3.05, 3.63) is 48.0 Å². The van der Waals surface area contributed by atoms with Gasteiger partial charge in [-0.25, -0.2) is 8.42 Å². The van der Waals surface area contributed by atoms with E-state index in [1.807, 2.05) is 13.8 Å². The van der Waals surface area contributed by atoms with Crippen LogP contribution in [0.15, 0.2) is 47.4 Å². The summed E-state index contributed by atoms with van der Waals surface area (Å²) in [6.45, 7) is 4.75. The molecule has 3 rings (SSSR count). The summed E-state index contributed by atoms with van der Waals surface area (Å²) in [6.07, 6.45) is 2.60. The van der Waals surface area contributed by atoms with Crippen molar-refractivity contribution in [2.75, 3.05) is 25.5 Å². The second kappa shape index (κ2) is 9.49. The molecule has 1 heterocycles. The predicted octanol–water partition coefficient (Wildman–Crippen LogP) is 3.91. The Labute approximate surface area is 178 Å². The Bertz CT molecular complexity index is 998. The van der Waals surface area contributed by atoms with Gasteiger partial charge in [0.25, 0.3) is 5.91 Å². The minimum absolute atomic E-state index is 0.135. The van der Waals surface area contributed by atoms with Crippen LogP contribution >= 0.6 is 0 Å². The molecule has 1 amide bonds. The van der Waals surface area contributed by atoms with Crippen molar-refractivity contribution in [1.82, 2.24) is 4.31 Å². The summed E-state index contributed by atoms with van der Waals surface area (Å²) in [4.78, 5) is 13.0. The summed E-state index contributed by atoms with van der Waals surface area (Å²) in [5.41, 5.74) is 0.650. The molecule has 2 aromatic rings. The minimum Gasteiger partial charge on any atom is -0.496 e. The number of rotatable bonds is 7. The van der Waals surface area contributed by atoms with Crippen molar-refractivity contribution < 1.29 is 22.7 Å². The molecule has 7 nitrogen and oxygen atoms in total. The zero-order chi connectivity index (χ0) is 21.7. The topological polar surface area (TPSA) is 84.9 Å². The van der Waals surface area contributed by atoms with Gasteiger partial charge in [-0.1, -0.05) is 18.6 Å². The first-order valence-corrected chi connectivity index (χ1v) is 11.5. The summed E-state index contributed by atoms with van der Waals surface area (Å²) < 4.78 is 38.7. The zero-order valence-corrected chi connectivity index (χ0v) is 18.4. The molecule has 0 bridgehead atoms. The van der Waals surface area contributed by atoms with Gasteiger partial charge in [-0.3, -0.25) is 4.79 Å². The second-order valence-corrected chi connectivity index (χ2v) is 9.38. The highest BCUT2D eigenvalue weighted by molar-refractivity contribution is 7.89. The lowest BCUT2D eigenvalue weighted by atomic mass is 10.2. The summed E-state index contributed by atoms with van der Waals surface area (Å²) in [7, 11) is -2.15. The van der Waals surface area contributed by atoms with E-state index in [0.717, 1.165) is 19.3 Å². The number of piperidine rings is 1. The Balaban J connectivity index is 1.96. The van der Waals surface area contributed by atoms with E-state index in [2.05, 4.69) is 5.32 Å². The van der Waals surface area contributed by atoms with Crippen LogP contribution in [-0.2, 0) is 10.0 Å². The largest absolute Gasteiger partial charge is 0.496 e. The standard InChI is InChI=1S/C22H28N2O5S/c1-16(2)29-21-12-11-17(30(26,27)24-13-7-4-8-14-24)15-19(21)23-22(25)18-9-5-6-10-20(18)28-3/h5-6,9-12,15-16H,4,7-8,13-14H2,1-3H3,(H,23,25). The van der Waals surface area contributed by atoms with Gasteiger partial charge in [0.05, 0.1) is 29.4 Å². The molecule has 0 radical (unpaired) electrons. The average Bonchev–Trinajstić information content (AvgIpc) is 2.75.